The van der Waals surface area contributed by atoms with Crippen LogP contribution in [0.2, 0.25) is 0 Å². The fourth-order valence-corrected chi connectivity index (χ4v) is 2.85. The van der Waals surface area contributed by atoms with Gasteiger partial charge in [0.2, 0.25) is 10.0 Å². The molecule has 1 aromatic carbocycles. The Morgan fingerprint density at radius 1 is 1.05 bits per heavy atom. The van der Waals surface area contributed by atoms with Gasteiger partial charge in [0.25, 0.3) is 0 Å². The number of benzene rings is 1. The summed E-state index contributed by atoms with van der Waals surface area (Å²) in [7, 11) is -4.13. The molecule has 1 rings (SSSR count). The summed E-state index contributed by atoms with van der Waals surface area (Å²) in [5, 5.41) is 17.2. The van der Waals surface area contributed by atoms with Crippen LogP contribution in [0.25, 0.3) is 0 Å². The summed E-state index contributed by atoms with van der Waals surface area (Å²) >= 11 is 0. The van der Waals surface area contributed by atoms with Crippen LogP contribution < -0.4 is 0 Å². The minimum absolute atomic E-state index is 0.229. The molecule has 1 aromatic rings. The maximum atomic E-state index is 12.7. The van der Waals surface area contributed by atoms with E-state index in [-0.39, 0.29) is 5.56 Å². The van der Waals surface area contributed by atoms with Crippen LogP contribution in [0.1, 0.15) is 5.56 Å². The Morgan fingerprint density at radius 2 is 1.50 bits per heavy atom. The van der Waals surface area contributed by atoms with Crippen molar-refractivity contribution in [3.05, 3.63) is 35.6 Å². The zero-order valence-corrected chi connectivity index (χ0v) is 11.0. The molecule has 0 saturated carbocycles. The third-order valence-corrected chi connectivity index (χ3v) is 4.02. The van der Waals surface area contributed by atoms with E-state index < -0.39 is 46.6 Å². The Hall–Kier alpha value is -2.00. The first kappa shape index (κ1) is 16.1. The van der Waals surface area contributed by atoms with Crippen LogP contribution in [-0.2, 0) is 25.4 Å². The summed E-state index contributed by atoms with van der Waals surface area (Å²) in [5.74, 6) is -4.07. The van der Waals surface area contributed by atoms with Crippen LogP contribution >= 0.6 is 0 Å². The molecular weight excluding hydrogens is 293 g/mol. The van der Waals surface area contributed by atoms with Crippen molar-refractivity contribution in [2.75, 3.05) is 13.1 Å². The van der Waals surface area contributed by atoms with E-state index >= 15 is 0 Å². The standard InChI is InChI=1S/C11H12FNO6S/c12-9-3-1-8(2-4-9)7-20(18,19)13(5-10(14)15)6-11(16)17/h1-4H,5-7H2,(H,14,15)(H,16,17). The first-order valence-corrected chi connectivity index (χ1v) is 6.97. The number of halogens is 1. The summed E-state index contributed by atoms with van der Waals surface area (Å²) in [6.45, 7) is -1.90. The number of hydrogen-bond donors (Lipinski definition) is 2. The van der Waals surface area contributed by atoms with Crippen molar-refractivity contribution in [3.63, 3.8) is 0 Å². The number of hydrogen-bond acceptors (Lipinski definition) is 4. The SMILES string of the molecule is O=C(O)CN(CC(=O)O)S(=O)(=O)Cc1ccc(F)cc1. The van der Waals surface area contributed by atoms with Gasteiger partial charge in [-0.15, -0.1) is 0 Å². The highest BCUT2D eigenvalue weighted by Gasteiger charge is 2.26. The zero-order valence-electron chi connectivity index (χ0n) is 10.2. The molecule has 20 heavy (non-hydrogen) atoms. The molecule has 7 nitrogen and oxygen atoms in total. The van der Waals surface area contributed by atoms with Crippen molar-refractivity contribution in [1.82, 2.24) is 4.31 Å². The van der Waals surface area contributed by atoms with Crippen LogP contribution in [0, 0.1) is 5.82 Å². The highest BCUT2D eigenvalue weighted by atomic mass is 32.2. The van der Waals surface area contributed by atoms with Gasteiger partial charge in [0.15, 0.2) is 0 Å². The van der Waals surface area contributed by atoms with Crippen LogP contribution in [-0.4, -0.2) is 48.0 Å². The third-order valence-electron chi connectivity index (χ3n) is 2.28. The smallest absolute Gasteiger partial charge is 0.318 e. The number of rotatable bonds is 7. The van der Waals surface area contributed by atoms with Gasteiger partial charge in [0.1, 0.15) is 18.9 Å². The Balaban J connectivity index is 2.94. The van der Waals surface area contributed by atoms with Crippen molar-refractivity contribution in [3.8, 4) is 0 Å². The Labute approximate surface area is 114 Å². The molecule has 110 valence electrons. The number of carboxylic acids is 2. The molecule has 0 aliphatic heterocycles. The molecule has 0 unspecified atom stereocenters. The number of carboxylic acid groups (broad SMARTS) is 2. The highest BCUT2D eigenvalue weighted by molar-refractivity contribution is 7.88. The Kier molecular flexibility index (Phi) is 5.17. The minimum Gasteiger partial charge on any atom is -0.480 e. The quantitative estimate of drug-likeness (QED) is 0.740. The van der Waals surface area contributed by atoms with Crippen molar-refractivity contribution in [2.45, 2.75) is 5.75 Å². The maximum Gasteiger partial charge on any atom is 0.318 e. The molecule has 0 spiro atoms. The molecule has 0 heterocycles. The largest absolute Gasteiger partial charge is 0.480 e. The number of carbonyl (C=O) groups is 2. The Bertz CT molecular complexity index is 582. The molecular formula is C11H12FNO6S. The molecule has 0 aliphatic carbocycles. The lowest BCUT2D eigenvalue weighted by Crippen LogP contribution is -2.40. The van der Waals surface area contributed by atoms with Gasteiger partial charge in [-0.1, -0.05) is 12.1 Å². The van der Waals surface area contributed by atoms with Gasteiger partial charge in [0.05, 0.1) is 5.75 Å². The number of sulfonamides is 1. The molecule has 0 saturated heterocycles. The van der Waals surface area contributed by atoms with Crippen LogP contribution in [0.4, 0.5) is 4.39 Å². The molecule has 0 radical (unpaired) electrons. The molecule has 0 aromatic heterocycles. The fourth-order valence-electron chi connectivity index (χ4n) is 1.44. The van der Waals surface area contributed by atoms with Gasteiger partial charge >= 0.3 is 11.9 Å². The van der Waals surface area contributed by atoms with Crippen LogP contribution in [0.5, 0.6) is 0 Å². The molecule has 0 fully saturated rings. The molecule has 2 N–H and O–H groups in total. The molecule has 0 atom stereocenters. The van der Waals surface area contributed by atoms with E-state index in [0.717, 1.165) is 12.1 Å². The van der Waals surface area contributed by atoms with E-state index in [9.17, 15) is 22.4 Å². The lowest BCUT2D eigenvalue weighted by Gasteiger charge is -2.18. The van der Waals surface area contributed by atoms with Gasteiger partial charge < -0.3 is 10.2 Å². The predicted octanol–water partition coefficient (Wildman–Crippen LogP) is 0.127. The average molecular weight is 305 g/mol. The first-order chi connectivity index (χ1) is 9.20. The molecule has 0 aliphatic rings. The zero-order chi connectivity index (χ0) is 15.3. The van der Waals surface area contributed by atoms with Crippen molar-refractivity contribution in [2.24, 2.45) is 0 Å². The highest BCUT2D eigenvalue weighted by Crippen LogP contribution is 2.11. The average Bonchev–Trinajstić information content (AvgIpc) is 2.30. The normalized spacial score (nSPS) is 11.5. The molecule has 9 heteroatoms. The van der Waals surface area contributed by atoms with Gasteiger partial charge in [-0.05, 0) is 17.7 Å². The lowest BCUT2D eigenvalue weighted by molar-refractivity contribution is -0.139. The monoisotopic (exact) mass is 305 g/mol. The summed E-state index contributed by atoms with van der Waals surface area (Å²) in [5.41, 5.74) is 0.229. The summed E-state index contributed by atoms with van der Waals surface area (Å²) < 4.78 is 37.0. The van der Waals surface area contributed by atoms with E-state index in [4.69, 9.17) is 10.2 Å². The van der Waals surface area contributed by atoms with E-state index in [1.54, 1.807) is 0 Å². The fraction of sp³-hybridized carbons (Fsp3) is 0.273. The summed E-state index contributed by atoms with van der Waals surface area (Å²) in [6, 6.07) is 4.58. The van der Waals surface area contributed by atoms with Crippen molar-refractivity contribution < 1.29 is 32.6 Å². The summed E-state index contributed by atoms with van der Waals surface area (Å²) in [4.78, 5) is 21.2. The van der Waals surface area contributed by atoms with Crippen LogP contribution in [0.15, 0.2) is 24.3 Å². The second-order valence-electron chi connectivity index (χ2n) is 3.94. The Morgan fingerprint density at radius 3 is 1.90 bits per heavy atom. The lowest BCUT2D eigenvalue weighted by atomic mass is 10.2. The minimum atomic E-state index is -4.13. The van der Waals surface area contributed by atoms with Gasteiger partial charge in [-0.25, -0.2) is 12.8 Å². The van der Waals surface area contributed by atoms with Crippen molar-refractivity contribution in [1.29, 1.82) is 0 Å². The summed E-state index contributed by atoms with van der Waals surface area (Å²) in [6.07, 6.45) is 0. The molecule has 0 amide bonds. The number of nitrogens with zero attached hydrogens (tertiary/aromatic N) is 1. The second kappa shape index (κ2) is 6.44. The predicted molar refractivity (Wildman–Crippen MR) is 65.9 cm³/mol. The third kappa shape index (κ3) is 4.94. The number of aliphatic carboxylic acids is 2. The topological polar surface area (TPSA) is 112 Å². The maximum absolute atomic E-state index is 12.7. The van der Waals surface area contributed by atoms with Gasteiger partial charge in [-0.2, -0.15) is 4.31 Å². The van der Waals surface area contributed by atoms with E-state index in [0.29, 0.717) is 4.31 Å². The van der Waals surface area contributed by atoms with Crippen LogP contribution in [0.3, 0.4) is 0 Å². The van der Waals surface area contributed by atoms with Gasteiger partial charge in [-0.3, -0.25) is 9.59 Å². The second-order valence-corrected chi connectivity index (χ2v) is 5.91. The first-order valence-electron chi connectivity index (χ1n) is 5.36. The molecule has 0 bridgehead atoms. The van der Waals surface area contributed by atoms with E-state index in [2.05, 4.69) is 0 Å². The van der Waals surface area contributed by atoms with Crippen molar-refractivity contribution >= 4 is 22.0 Å². The van der Waals surface area contributed by atoms with E-state index in [1.165, 1.54) is 12.1 Å². The van der Waals surface area contributed by atoms with Gasteiger partial charge in [0, 0.05) is 0 Å². The van der Waals surface area contributed by atoms with E-state index in [1.807, 2.05) is 0 Å².